The van der Waals surface area contributed by atoms with Crippen LogP contribution in [0.25, 0.3) is 43.1 Å². The van der Waals surface area contributed by atoms with Gasteiger partial charge in [0.15, 0.2) is 6.23 Å². The molecule has 2 atom stereocenters. The average molecular weight is 563 g/mol. The third-order valence-corrected chi connectivity index (χ3v) is 8.53. The average Bonchev–Trinajstić information content (AvgIpc) is 2.99. The molecule has 10 heteroatoms. The monoisotopic (exact) mass is 562 g/mol. The van der Waals surface area contributed by atoms with Gasteiger partial charge in [0.2, 0.25) is 0 Å². The van der Waals surface area contributed by atoms with Gasteiger partial charge < -0.3 is 9.84 Å². The Bertz CT molecular complexity index is 1980. The molecular formula is C32H22N2O8. The lowest BCUT2D eigenvalue weighted by molar-refractivity contribution is -0.142. The van der Waals surface area contributed by atoms with Crippen LogP contribution in [-0.4, -0.2) is 63.2 Å². The highest BCUT2D eigenvalue weighted by molar-refractivity contribution is 6.41. The van der Waals surface area contributed by atoms with Crippen LogP contribution in [-0.2, 0) is 14.3 Å². The maximum absolute atomic E-state index is 13.6. The molecule has 5 aromatic rings. The molecule has 7 rings (SSSR count). The molecule has 0 spiro atoms. The van der Waals surface area contributed by atoms with E-state index in [9.17, 15) is 33.9 Å². The van der Waals surface area contributed by atoms with Crippen LogP contribution in [0.5, 0.6) is 0 Å². The van der Waals surface area contributed by atoms with Gasteiger partial charge in [-0.1, -0.05) is 38.1 Å². The van der Waals surface area contributed by atoms with E-state index in [1.807, 2.05) is 0 Å². The molecule has 0 bridgehead atoms. The van der Waals surface area contributed by atoms with E-state index in [1.165, 1.54) is 0 Å². The molecule has 0 saturated carbocycles. The number of carbonyl (C=O) groups excluding carboxylic acids is 5. The minimum Gasteiger partial charge on any atom is -0.480 e. The summed E-state index contributed by atoms with van der Waals surface area (Å²) < 4.78 is 5.06. The van der Waals surface area contributed by atoms with E-state index >= 15 is 0 Å². The van der Waals surface area contributed by atoms with Gasteiger partial charge in [0.05, 0.1) is 0 Å². The first-order chi connectivity index (χ1) is 20.2. The Kier molecular flexibility index (Phi) is 5.36. The van der Waals surface area contributed by atoms with Crippen molar-refractivity contribution >= 4 is 79.2 Å². The molecule has 0 radical (unpaired) electrons. The zero-order chi connectivity index (χ0) is 29.6. The predicted octanol–water partition coefficient (Wildman–Crippen LogP) is 4.70. The van der Waals surface area contributed by atoms with Gasteiger partial charge in [0, 0.05) is 39.4 Å². The highest BCUT2D eigenvalue weighted by atomic mass is 16.5. The first-order valence-corrected chi connectivity index (χ1v) is 13.5. The van der Waals surface area contributed by atoms with Crippen LogP contribution in [0, 0.1) is 0 Å². The van der Waals surface area contributed by atoms with Gasteiger partial charge in [0.25, 0.3) is 30.1 Å². The van der Waals surface area contributed by atoms with Crippen molar-refractivity contribution in [3.05, 3.63) is 70.8 Å². The fourth-order valence-corrected chi connectivity index (χ4v) is 6.72. The quantitative estimate of drug-likeness (QED) is 0.130. The van der Waals surface area contributed by atoms with Gasteiger partial charge in [-0.15, -0.1) is 0 Å². The topological polar surface area (TPSA) is 138 Å². The highest BCUT2D eigenvalue weighted by Gasteiger charge is 2.42. The molecule has 2 aliphatic rings. The third-order valence-electron chi connectivity index (χ3n) is 8.53. The molecule has 4 amide bonds. The SMILES string of the molecule is CCC(OC=O)N1C(=O)c2ccc3c4ccc5c6c(ccc(c7ccc(c2c37)C1=O)c64)C(=O)N(C(CC)C(=O)O)C5=O. The summed E-state index contributed by atoms with van der Waals surface area (Å²) in [7, 11) is 0. The number of nitrogens with zero attached hydrogens (tertiary/aromatic N) is 2. The molecule has 0 saturated heterocycles. The standard InChI is InChI=1S/C32H22N2O8/c1-3-22(32(40)41)33-28(36)18-9-5-14-16-7-11-20-27-21(31(39)34(30(20)38)23(4-2)42-13-35)12-8-17(25(16)27)15-6-10-19(29(33)37)26(18)24(14)15/h5-13,22-23H,3-4H2,1-2H3,(H,40,41). The molecule has 0 aliphatic carbocycles. The summed E-state index contributed by atoms with van der Waals surface area (Å²) >= 11 is 0. The van der Waals surface area contributed by atoms with E-state index in [1.54, 1.807) is 62.4 Å². The smallest absolute Gasteiger partial charge is 0.326 e. The molecule has 1 N–H and O–H groups in total. The van der Waals surface area contributed by atoms with Crippen LogP contribution in [0.1, 0.15) is 68.1 Å². The van der Waals surface area contributed by atoms with Crippen molar-refractivity contribution < 1.29 is 38.6 Å². The minimum absolute atomic E-state index is 0.0661. The Hall–Kier alpha value is -5.38. The number of ether oxygens (including phenoxy) is 1. The van der Waals surface area contributed by atoms with Crippen LogP contribution < -0.4 is 0 Å². The number of hydrogen-bond acceptors (Lipinski definition) is 7. The van der Waals surface area contributed by atoms with Gasteiger partial charge in [-0.3, -0.25) is 28.9 Å². The molecule has 2 heterocycles. The van der Waals surface area contributed by atoms with Crippen molar-refractivity contribution in [2.24, 2.45) is 0 Å². The largest absolute Gasteiger partial charge is 0.480 e. The Morgan fingerprint density at radius 2 is 1.05 bits per heavy atom. The van der Waals surface area contributed by atoms with Crippen LogP contribution in [0.3, 0.4) is 0 Å². The van der Waals surface area contributed by atoms with Crippen LogP contribution in [0.2, 0.25) is 0 Å². The number of fused-ring (bicyclic) bond motifs is 2. The number of imide groups is 2. The Morgan fingerprint density at radius 3 is 1.36 bits per heavy atom. The number of carbonyl (C=O) groups is 6. The maximum atomic E-state index is 13.6. The van der Waals surface area contributed by atoms with Gasteiger partial charge in [-0.25, -0.2) is 9.69 Å². The van der Waals surface area contributed by atoms with E-state index in [0.717, 1.165) is 31.3 Å². The fraction of sp³-hybridized carbons (Fsp3) is 0.188. The van der Waals surface area contributed by atoms with Gasteiger partial charge in [0.1, 0.15) is 6.04 Å². The lowest BCUT2D eigenvalue weighted by Gasteiger charge is -2.33. The minimum atomic E-state index is -1.30. The summed E-state index contributed by atoms with van der Waals surface area (Å²) in [5, 5.41) is 14.9. The van der Waals surface area contributed by atoms with E-state index in [0.29, 0.717) is 32.7 Å². The van der Waals surface area contributed by atoms with Crippen molar-refractivity contribution in [3.63, 3.8) is 0 Å². The first-order valence-electron chi connectivity index (χ1n) is 13.5. The molecule has 42 heavy (non-hydrogen) atoms. The Morgan fingerprint density at radius 1 is 0.667 bits per heavy atom. The van der Waals surface area contributed by atoms with Crippen LogP contribution in [0.4, 0.5) is 0 Å². The Labute approximate surface area is 237 Å². The zero-order valence-electron chi connectivity index (χ0n) is 22.5. The molecule has 2 unspecified atom stereocenters. The fourth-order valence-electron chi connectivity index (χ4n) is 6.72. The van der Waals surface area contributed by atoms with Crippen molar-refractivity contribution in [1.82, 2.24) is 9.80 Å². The molecular weight excluding hydrogens is 540 g/mol. The predicted molar refractivity (Wildman–Crippen MR) is 152 cm³/mol. The molecule has 2 aliphatic heterocycles. The van der Waals surface area contributed by atoms with Crippen LogP contribution >= 0.6 is 0 Å². The molecule has 0 fully saturated rings. The summed E-state index contributed by atoms with van der Waals surface area (Å²) in [6, 6.07) is 12.3. The molecule has 5 aromatic carbocycles. The lowest BCUT2D eigenvalue weighted by atomic mass is 9.82. The number of carboxylic acids is 1. The van der Waals surface area contributed by atoms with Crippen molar-refractivity contribution in [1.29, 1.82) is 0 Å². The first kappa shape index (κ1) is 25.6. The number of hydrogen-bond donors (Lipinski definition) is 1. The molecule has 208 valence electrons. The summed E-state index contributed by atoms with van der Waals surface area (Å²) in [6.45, 7) is 3.53. The number of rotatable bonds is 7. The van der Waals surface area contributed by atoms with Crippen molar-refractivity contribution in [2.45, 2.75) is 39.0 Å². The van der Waals surface area contributed by atoms with Gasteiger partial charge >= 0.3 is 5.97 Å². The number of amides is 4. The van der Waals surface area contributed by atoms with Crippen LogP contribution in [0.15, 0.2) is 48.5 Å². The number of carboxylic acid groups (broad SMARTS) is 1. The van der Waals surface area contributed by atoms with E-state index < -0.39 is 41.9 Å². The summed E-state index contributed by atoms with van der Waals surface area (Å²) in [5.41, 5.74) is 1.07. The van der Waals surface area contributed by atoms with E-state index in [2.05, 4.69) is 0 Å². The summed E-state index contributed by atoms with van der Waals surface area (Å²) in [5.74, 6) is -3.73. The second-order valence-corrected chi connectivity index (χ2v) is 10.5. The molecule has 0 aromatic heterocycles. The highest BCUT2D eigenvalue weighted by Crippen LogP contribution is 2.46. The summed E-state index contributed by atoms with van der Waals surface area (Å²) in [4.78, 5) is 79.1. The maximum Gasteiger partial charge on any atom is 0.326 e. The van der Waals surface area contributed by atoms with Crippen molar-refractivity contribution in [2.75, 3.05) is 0 Å². The van der Waals surface area contributed by atoms with Gasteiger partial charge in [-0.05, 0) is 63.0 Å². The zero-order valence-corrected chi connectivity index (χ0v) is 22.5. The normalized spacial score (nSPS) is 16.2. The summed E-state index contributed by atoms with van der Waals surface area (Å²) in [6.07, 6.45) is -0.750. The molecule has 10 nitrogen and oxygen atoms in total. The third kappa shape index (κ3) is 3.03. The van der Waals surface area contributed by atoms with E-state index in [4.69, 9.17) is 4.74 Å². The number of benzene rings is 5. The van der Waals surface area contributed by atoms with Crippen molar-refractivity contribution in [3.8, 4) is 0 Å². The Balaban J connectivity index is 1.53. The van der Waals surface area contributed by atoms with E-state index in [-0.39, 0.29) is 30.4 Å². The number of aliphatic carboxylic acids is 1. The lowest BCUT2D eigenvalue weighted by Crippen LogP contribution is -2.50. The second-order valence-electron chi connectivity index (χ2n) is 10.5. The van der Waals surface area contributed by atoms with Gasteiger partial charge in [-0.2, -0.15) is 0 Å². The second kappa shape index (κ2) is 8.81.